The predicted molar refractivity (Wildman–Crippen MR) is 122 cm³/mol. The molecule has 3 rings (SSSR count). The average Bonchev–Trinajstić information content (AvgIpc) is 3.13. The highest BCUT2D eigenvalue weighted by Crippen LogP contribution is 2.41. The normalized spacial score (nSPS) is 11.3. The molecule has 0 radical (unpaired) electrons. The Labute approximate surface area is 182 Å². The van der Waals surface area contributed by atoms with Crippen LogP contribution in [0.3, 0.4) is 0 Å². The molecule has 1 aromatic heterocycles. The van der Waals surface area contributed by atoms with Gasteiger partial charge in [0, 0.05) is 11.3 Å². The van der Waals surface area contributed by atoms with E-state index in [9.17, 15) is 18.3 Å². The maximum atomic E-state index is 13.4. The number of rotatable bonds is 6. The van der Waals surface area contributed by atoms with E-state index in [4.69, 9.17) is 11.1 Å². The largest absolute Gasteiger partial charge is 0.464 e. The van der Waals surface area contributed by atoms with E-state index in [1.165, 1.54) is 23.9 Å². The van der Waals surface area contributed by atoms with Gasteiger partial charge in [0.05, 0.1) is 20.3 Å². The van der Waals surface area contributed by atoms with Crippen LogP contribution in [-0.2, 0) is 9.84 Å². The maximum absolute atomic E-state index is 13.4. The Balaban J connectivity index is 2.14. The zero-order valence-corrected chi connectivity index (χ0v) is 18.6. The van der Waals surface area contributed by atoms with Crippen LogP contribution in [0.15, 0.2) is 62.5 Å². The molecule has 30 heavy (non-hydrogen) atoms. The molecule has 7 nitrogen and oxygen atoms in total. The number of thiophene rings is 1. The monoisotopic (exact) mass is 461 g/mol. The minimum atomic E-state index is -3.93. The molecule has 0 aliphatic heterocycles. The standard InChI is InChI=1S/C20H19N3O4S3/c1-12-5-3-8-15(22)18(12)13-6-4-7-14(9-13)30(26,27)16-10-17(29-19(16)28-2)23(11-21)20(24)25/h3-11,21H,22H2,1-2H3,(H,24,25). The molecule has 0 bridgehead atoms. The van der Waals surface area contributed by atoms with Crippen molar-refractivity contribution in [3.05, 3.63) is 54.1 Å². The highest BCUT2D eigenvalue weighted by Gasteiger charge is 2.27. The summed E-state index contributed by atoms with van der Waals surface area (Å²) in [5.74, 6) is 0. The van der Waals surface area contributed by atoms with E-state index in [1.54, 1.807) is 30.5 Å². The number of anilines is 2. The number of amides is 1. The molecular weight excluding hydrogens is 442 g/mol. The van der Waals surface area contributed by atoms with Crippen LogP contribution in [0.2, 0.25) is 0 Å². The smallest absolute Gasteiger partial charge is 0.417 e. The van der Waals surface area contributed by atoms with Gasteiger partial charge in [0.25, 0.3) is 0 Å². The fraction of sp³-hybridized carbons (Fsp3) is 0.100. The number of thioether (sulfide) groups is 1. The zero-order chi connectivity index (χ0) is 22.1. The van der Waals surface area contributed by atoms with Crippen LogP contribution >= 0.6 is 23.1 Å². The summed E-state index contributed by atoms with van der Waals surface area (Å²) in [6, 6.07) is 13.3. The Bertz CT molecular complexity index is 1220. The molecule has 0 saturated heterocycles. The second-order valence-electron chi connectivity index (χ2n) is 6.29. The first kappa shape index (κ1) is 21.9. The van der Waals surface area contributed by atoms with Crippen molar-refractivity contribution in [2.45, 2.75) is 20.9 Å². The fourth-order valence-corrected chi connectivity index (χ4v) is 7.03. The van der Waals surface area contributed by atoms with Gasteiger partial charge in [-0.2, -0.15) is 0 Å². The molecule has 0 spiro atoms. The second-order valence-corrected chi connectivity index (χ2v) is 10.3. The number of nitrogens with two attached hydrogens (primary N) is 1. The highest BCUT2D eigenvalue weighted by molar-refractivity contribution is 8.01. The SMILES string of the molecule is CSc1sc(N(C=N)C(=O)O)cc1S(=O)(=O)c1cccc(-c2c(C)cccc2N)c1. The van der Waals surface area contributed by atoms with Gasteiger partial charge >= 0.3 is 6.09 Å². The highest BCUT2D eigenvalue weighted by atomic mass is 32.2. The topological polar surface area (TPSA) is 125 Å². The van der Waals surface area contributed by atoms with Crippen molar-refractivity contribution < 1.29 is 18.3 Å². The van der Waals surface area contributed by atoms with E-state index >= 15 is 0 Å². The van der Waals surface area contributed by atoms with Gasteiger partial charge in [-0.25, -0.2) is 18.1 Å². The molecule has 0 aliphatic rings. The van der Waals surface area contributed by atoms with E-state index in [1.807, 2.05) is 19.1 Å². The number of nitrogens with zero attached hydrogens (tertiary/aromatic N) is 1. The predicted octanol–water partition coefficient (Wildman–Crippen LogP) is 4.95. The van der Waals surface area contributed by atoms with Gasteiger partial charge in [-0.1, -0.05) is 24.3 Å². The summed E-state index contributed by atoms with van der Waals surface area (Å²) in [6.45, 7) is 1.90. The number of aryl methyl sites for hydroxylation is 1. The minimum absolute atomic E-state index is 0.0120. The first-order valence-corrected chi connectivity index (χ1v) is 12.1. The molecule has 0 unspecified atom stereocenters. The van der Waals surface area contributed by atoms with Gasteiger partial charge in [0.1, 0.15) is 5.00 Å². The van der Waals surface area contributed by atoms with E-state index in [2.05, 4.69) is 0 Å². The van der Waals surface area contributed by atoms with Gasteiger partial charge < -0.3 is 10.8 Å². The number of nitrogens with one attached hydrogen (secondary N) is 1. The van der Waals surface area contributed by atoms with Crippen molar-refractivity contribution in [1.82, 2.24) is 0 Å². The molecule has 0 fully saturated rings. The lowest BCUT2D eigenvalue weighted by Gasteiger charge is -2.12. The first-order valence-electron chi connectivity index (χ1n) is 8.62. The van der Waals surface area contributed by atoms with Gasteiger partial charge in [0.15, 0.2) is 0 Å². The van der Waals surface area contributed by atoms with E-state index in [0.717, 1.165) is 22.5 Å². The van der Waals surface area contributed by atoms with Crippen LogP contribution < -0.4 is 10.6 Å². The number of nitrogen functional groups attached to an aromatic ring is 1. The van der Waals surface area contributed by atoms with Gasteiger partial charge in [0.2, 0.25) is 9.84 Å². The zero-order valence-electron chi connectivity index (χ0n) is 16.1. The van der Waals surface area contributed by atoms with Crippen molar-refractivity contribution in [3.8, 4) is 11.1 Å². The number of hydrogen-bond acceptors (Lipinski definition) is 7. The summed E-state index contributed by atoms with van der Waals surface area (Å²) in [7, 11) is -3.93. The van der Waals surface area contributed by atoms with Crippen LogP contribution in [0.1, 0.15) is 5.56 Å². The molecule has 4 N–H and O–H groups in total. The van der Waals surface area contributed by atoms with Crippen molar-refractivity contribution in [3.63, 3.8) is 0 Å². The summed E-state index contributed by atoms with van der Waals surface area (Å²) in [6.07, 6.45) is 0.991. The van der Waals surface area contributed by atoms with Crippen LogP contribution in [0.5, 0.6) is 0 Å². The molecule has 156 valence electrons. The van der Waals surface area contributed by atoms with Crippen molar-refractivity contribution >= 4 is 56.1 Å². The molecule has 1 amide bonds. The van der Waals surface area contributed by atoms with Crippen molar-refractivity contribution in [1.29, 1.82) is 5.41 Å². The Morgan fingerprint density at radius 3 is 2.53 bits per heavy atom. The van der Waals surface area contributed by atoms with Gasteiger partial charge in [-0.3, -0.25) is 5.41 Å². The van der Waals surface area contributed by atoms with Crippen LogP contribution in [-0.4, -0.2) is 32.2 Å². The summed E-state index contributed by atoms with van der Waals surface area (Å²) in [5, 5.41) is 16.7. The third-order valence-electron chi connectivity index (χ3n) is 4.44. The lowest BCUT2D eigenvalue weighted by Crippen LogP contribution is -2.25. The molecule has 3 aromatic rings. The van der Waals surface area contributed by atoms with Crippen molar-refractivity contribution in [2.24, 2.45) is 0 Å². The Morgan fingerprint density at radius 1 is 1.23 bits per heavy atom. The fourth-order valence-electron chi connectivity index (χ4n) is 3.04. The van der Waals surface area contributed by atoms with E-state index in [0.29, 0.717) is 26.7 Å². The third-order valence-corrected chi connectivity index (χ3v) is 8.74. The van der Waals surface area contributed by atoms with Gasteiger partial charge in [-0.15, -0.1) is 23.1 Å². The maximum Gasteiger partial charge on any atom is 0.417 e. The summed E-state index contributed by atoms with van der Waals surface area (Å²) < 4.78 is 27.2. The Kier molecular flexibility index (Phi) is 6.20. The van der Waals surface area contributed by atoms with Gasteiger partial charge in [-0.05, 0) is 48.6 Å². The molecule has 2 aromatic carbocycles. The molecule has 0 atom stereocenters. The molecule has 1 heterocycles. The lowest BCUT2D eigenvalue weighted by atomic mass is 9.99. The Morgan fingerprint density at radius 2 is 1.93 bits per heavy atom. The second kappa shape index (κ2) is 8.50. The number of hydrogen-bond donors (Lipinski definition) is 3. The Hall–Kier alpha value is -2.82. The van der Waals surface area contributed by atoms with Crippen molar-refractivity contribution in [2.75, 3.05) is 16.9 Å². The average molecular weight is 462 g/mol. The van der Waals surface area contributed by atoms with Crippen LogP contribution in [0, 0.1) is 12.3 Å². The lowest BCUT2D eigenvalue weighted by molar-refractivity contribution is 0.206. The van der Waals surface area contributed by atoms with E-state index < -0.39 is 15.9 Å². The quantitative estimate of drug-likeness (QED) is 0.206. The molecular formula is C20H19N3O4S3. The number of benzene rings is 2. The summed E-state index contributed by atoms with van der Waals surface area (Å²) >= 11 is 2.21. The summed E-state index contributed by atoms with van der Waals surface area (Å²) in [5.41, 5.74) is 9.04. The minimum Gasteiger partial charge on any atom is -0.464 e. The van der Waals surface area contributed by atoms with Crippen LogP contribution in [0.4, 0.5) is 15.5 Å². The molecule has 0 aliphatic carbocycles. The molecule has 10 heteroatoms. The van der Waals surface area contributed by atoms with E-state index in [-0.39, 0.29) is 14.8 Å². The number of carboxylic acid groups (broad SMARTS) is 1. The third kappa shape index (κ3) is 3.93. The molecule has 0 saturated carbocycles. The number of sulfone groups is 1. The summed E-state index contributed by atoms with van der Waals surface area (Å²) in [4.78, 5) is 12.1. The van der Waals surface area contributed by atoms with Crippen LogP contribution in [0.25, 0.3) is 11.1 Å². The number of carbonyl (C=O) groups is 1. The first-order chi connectivity index (χ1) is 14.2.